The van der Waals surface area contributed by atoms with Crippen molar-refractivity contribution in [2.24, 2.45) is 4.99 Å². The summed E-state index contributed by atoms with van der Waals surface area (Å²) in [5.41, 5.74) is 9.86. The number of benzene rings is 3. The second-order valence-corrected chi connectivity index (χ2v) is 8.92. The lowest BCUT2D eigenvalue weighted by molar-refractivity contribution is 0.319. The molecule has 3 nitrogen and oxygen atoms in total. The largest absolute Gasteiger partial charge is 0.474 e. The molecule has 4 aromatic rings. The highest BCUT2D eigenvalue weighted by Gasteiger charge is 2.24. The summed E-state index contributed by atoms with van der Waals surface area (Å²) in [5.74, 6) is 0.663. The number of hydrogen-bond acceptors (Lipinski definition) is 3. The van der Waals surface area contributed by atoms with Crippen molar-refractivity contribution >= 4 is 16.8 Å². The van der Waals surface area contributed by atoms with Crippen LogP contribution in [0.3, 0.4) is 0 Å². The summed E-state index contributed by atoms with van der Waals surface area (Å²) in [4.78, 5) is 10.0. The molecule has 0 unspecified atom stereocenters. The van der Waals surface area contributed by atoms with E-state index in [1.165, 1.54) is 38.8 Å². The van der Waals surface area contributed by atoms with Crippen molar-refractivity contribution in [3.63, 3.8) is 0 Å². The highest BCUT2D eigenvalue weighted by atomic mass is 16.5. The number of nitrogens with zero attached hydrogens (tertiary/aromatic N) is 2. The Balaban J connectivity index is 1.44. The fourth-order valence-corrected chi connectivity index (χ4v) is 4.98. The highest BCUT2D eigenvalue weighted by molar-refractivity contribution is 5.98. The molecule has 0 saturated heterocycles. The first-order valence-electron chi connectivity index (χ1n) is 11.5. The Morgan fingerprint density at radius 2 is 1.47 bits per heavy atom. The SMILES string of the molecule is Cc1cc(C2=N[C@@H](c3ccccc3)CO2)nc2c3ccc(c12)CCc1ccc(cc1)CC3. The van der Waals surface area contributed by atoms with E-state index >= 15 is 0 Å². The molecule has 1 aliphatic heterocycles. The second kappa shape index (κ2) is 7.90. The molecule has 158 valence electrons. The molecule has 0 amide bonds. The Morgan fingerprint density at radius 3 is 2.22 bits per heavy atom. The Morgan fingerprint density at radius 1 is 0.781 bits per heavy atom. The van der Waals surface area contributed by atoms with Crippen LogP contribution in [0.15, 0.2) is 77.8 Å². The first kappa shape index (κ1) is 19.2. The molecule has 3 heteroatoms. The smallest absolute Gasteiger partial charge is 0.236 e. The number of aryl methyl sites for hydroxylation is 5. The molecule has 0 radical (unpaired) electrons. The van der Waals surface area contributed by atoms with Crippen molar-refractivity contribution in [1.82, 2.24) is 4.98 Å². The van der Waals surface area contributed by atoms with E-state index in [9.17, 15) is 0 Å². The Hall–Kier alpha value is -3.46. The molecular formula is C29H26N2O. The molecule has 1 aromatic heterocycles. The highest BCUT2D eigenvalue weighted by Crippen LogP contribution is 2.30. The van der Waals surface area contributed by atoms with Crippen molar-refractivity contribution in [1.29, 1.82) is 0 Å². The predicted octanol–water partition coefficient (Wildman–Crippen LogP) is 5.95. The minimum atomic E-state index is 0.0372. The van der Waals surface area contributed by atoms with E-state index in [2.05, 4.69) is 73.7 Å². The summed E-state index contributed by atoms with van der Waals surface area (Å²) < 4.78 is 6.04. The van der Waals surface area contributed by atoms with Gasteiger partial charge in [-0.3, -0.25) is 0 Å². The van der Waals surface area contributed by atoms with E-state index < -0.39 is 0 Å². The fraction of sp³-hybridized carbons (Fsp3) is 0.241. The maximum Gasteiger partial charge on any atom is 0.236 e. The first-order chi connectivity index (χ1) is 15.7. The van der Waals surface area contributed by atoms with E-state index in [1.54, 1.807) is 0 Å². The molecule has 9 rings (SSSR count). The van der Waals surface area contributed by atoms with Gasteiger partial charge in [-0.25, -0.2) is 9.98 Å². The molecular weight excluding hydrogens is 392 g/mol. The Kier molecular flexibility index (Phi) is 4.75. The van der Waals surface area contributed by atoms with Gasteiger partial charge in [0.15, 0.2) is 0 Å². The minimum absolute atomic E-state index is 0.0372. The zero-order valence-corrected chi connectivity index (χ0v) is 18.3. The van der Waals surface area contributed by atoms with Crippen LogP contribution in [0.5, 0.6) is 0 Å². The molecule has 0 spiro atoms. The van der Waals surface area contributed by atoms with Crippen molar-refractivity contribution in [2.75, 3.05) is 6.61 Å². The van der Waals surface area contributed by atoms with Crippen LogP contribution in [0.25, 0.3) is 10.9 Å². The van der Waals surface area contributed by atoms with Crippen LogP contribution >= 0.6 is 0 Å². The van der Waals surface area contributed by atoms with Crippen molar-refractivity contribution in [3.05, 3.63) is 112 Å². The molecule has 5 aliphatic rings. The van der Waals surface area contributed by atoms with Gasteiger partial charge in [0.25, 0.3) is 0 Å². The normalized spacial score (nSPS) is 17.7. The molecule has 3 aromatic carbocycles. The maximum atomic E-state index is 6.04. The Labute approximate surface area is 188 Å². The van der Waals surface area contributed by atoms with Gasteiger partial charge in [-0.1, -0.05) is 66.7 Å². The van der Waals surface area contributed by atoms with E-state index in [4.69, 9.17) is 14.7 Å². The molecule has 0 N–H and O–H groups in total. The monoisotopic (exact) mass is 418 g/mol. The molecule has 1 atom stereocenters. The third-order valence-electron chi connectivity index (χ3n) is 6.77. The minimum Gasteiger partial charge on any atom is -0.474 e. The van der Waals surface area contributed by atoms with Crippen LogP contribution in [0.1, 0.15) is 45.1 Å². The number of rotatable bonds is 2. The van der Waals surface area contributed by atoms with Crippen molar-refractivity contribution in [3.8, 4) is 0 Å². The first-order valence-corrected chi connectivity index (χ1v) is 11.5. The third-order valence-corrected chi connectivity index (χ3v) is 6.77. The summed E-state index contributed by atoms with van der Waals surface area (Å²) in [7, 11) is 0. The van der Waals surface area contributed by atoms with E-state index in [1.807, 2.05) is 6.07 Å². The van der Waals surface area contributed by atoms with Crippen LogP contribution < -0.4 is 0 Å². The number of pyridine rings is 1. The van der Waals surface area contributed by atoms with E-state index in [0.717, 1.165) is 36.9 Å². The lowest BCUT2D eigenvalue weighted by Gasteiger charge is -2.16. The van der Waals surface area contributed by atoms with Crippen LogP contribution in [0.4, 0.5) is 0 Å². The van der Waals surface area contributed by atoms with Crippen LogP contribution in [-0.2, 0) is 30.4 Å². The summed E-state index contributed by atoms with van der Waals surface area (Å²) in [6.45, 7) is 2.77. The van der Waals surface area contributed by atoms with Crippen LogP contribution in [0.2, 0.25) is 0 Å². The summed E-state index contributed by atoms with van der Waals surface area (Å²) in [6, 6.07) is 26.3. The van der Waals surface area contributed by atoms with E-state index in [-0.39, 0.29) is 6.04 Å². The second-order valence-electron chi connectivity index (χ2n) is 8.92. The van der Waals surface area contributed by atoms with Gasteiger partial charge in [-0.2, -0.15) is 0 Å². The molecule has 32 heavy (non-hydrogen) atoms. The summed E-state index contributed by atoms with van der Waals surface area (Å²) in [5, 5.41) is 1.31. The van der Waals surface area contributed by atoms with Gasteiger partial charge in [0.1, 0.15) is 18.3 Å². The van der Waals surface area contributed by atoms with Crippen LogP contribution in [-0.4, -0.2) is 17.5 Å². The topological polar surface area (TPSA) is 34.5 Å². The van der Waals surface area contributed by atoms with Crippen molar-refractivity contribution < 1.29 is 4.74 Å². The predicted molar refractivity (Wildman–Crippen MR) is 129 cm³/mol. The summed E-state index contributed by atoms with van der Waals surface area (Å²) in [6.07, 6.45) is 4.06. The van der Waals surface area contributed by atoms with Gasteiger partial charge in [-0.05, 0) is 72.1 Å². The zero-order valence-electron chi connectivity index (χ0n) is 18.3. The number of aliphatic imine (C=N–C) groups is 1. The lowest BCUT2D eigenvalue weighted by Crippen LogP contribution is -2.08. The molecule has 2 heterocycles. The van der Waals surface area contributed by atoms with Gasteiger partial charge >= 0.3 is 0 Å². The fourth-order valence-electron chi connectivity index (χ4n) is 4.98. The quantitative estimate of drug-likeness (QED) is 0.403. The number of aromatic nitrogens is 1. The van der Waals surface area contributed by atoms with Crippen LogP contribution in [0, 0.1) is 6.92 Å². The van der Waals surface area contributed by atoms with Gasteiger partial charge in [-0.15, -0.1) is 0 Å². The van der Waals surface area contributed by atoms with Gasteiger partial charge in [0, 0.05) is 5.39 Å². The zero-order chi connectivity index (χ0) is 21.5. The average Bonchev–Trinajstić information content (AvgIpc) is 3.32. The molecule has 0 saturated carbocycles. The summed E-state index contributed by atoms with van der Waals surface area (Å²) >= 11 is 0. The molecule has 0 fully saturated rings. The standard InChI is InChI=1S/C29H26N2O/c1-19-17-25(29-31-26(18-32-29)22-5-3-2-4-6-22)30-28-24-14-12-21-9-7-20(8-10-21)11-13-23(15-16-24)27(19)28/h2-10,15-17,26H,11-14,18H2,1H3/t26-/m1/s1. The van der Waals surface area contributed by atoms with Crippen molar-refractivity contribution in [2.45, 2.75) is 38.6 Å². The lowest BCUT2D eigenvalue weighted by atomic mass is 9.91. The average molecular weight is 419 g/mol. The van der Waals surface area contributed by atoms with E-state index in [0.29, 0.717) is 12.5 Å². The number of hydrogen-bond donors (Lipinski definition) is 0. The molecule has 4 aliphatic carbocycles. The third kappa shape index (κ3) is 3.48. The Bertz CT molecular complexity index is 1320. The number of ether oxygens (including phenoxy) is 1. The van der Waals surface area contributed by atoms with Gasteiger partial charge in [0.2, 0.25) is 5.90 Å². The van der Waals surface area contributed by atoms with Gasteiger partial charge in [0.05, 0.1) is 5.52 Å². The molecule has 4 bridgehead atoms. The van der Waals surface area contributed by atoms with Gasteiger partial charge < -0.3 is 4.74 Å². The maximum absolute atomic E-state index is 6.04.